The zero-order chi connectivity index (χ0) is 78.3. The van der Waals surface area contributed by atoms with E-state index in [4.69, 9.17) is 99.7 Å². The summed E-state index contributed by atoms with van der Waals surface area (Å²) in [6.45, 7) is 78.3. The Hall–Kier alpha value is 4.90. The highest BCUT2D eigenvalue weighted by Gasteiger charge is 2.60. The SMILES string of the molecule is CC.CC.CC1C[SiH](C)O[SiH](C)O[SiH](CC[Si](C)(C)O[Si](C)(C)O[Si](C)(C)O[Si](O[SiH2]O[SiH2]O[Si](C)(C)CC[SiH]2O[SiH](C)C[SiH](C)O[SiH](C)O2)(O[Si](C)(C)CO[Si](C)(C)O[Si](C)(C)CC[SiH]2O[SiH](C)C[SiH](C)O[SiH](C)O2)O[Si](C)(C)O[Si](C)(C)O[Si](C)(C)CC[SiH]2OC(C)C[SiH](C)O[SiH](C)O2)O1. The van der Waals surface area contributed by atoms with E-state index in [1.807, 2.05) is 27.7 Å². The second-order valence-electron chi connectivity index (χ2n) is 33.3. The van der Waals surface area contributed by atoms with Crippen LogP contribution in [0, 0.1) is 0 Å². The molecule has 51 heteroatoms. The standard InChI is InChI=1S/C47H142O24Si27.2C2H6/c1-46-41-74(3)54-80(9)60-84(49-46)33-38-90(17,18)65-94(25,26)68-96(29,30)70-98(53-73-51-72-52-88(13,14)37-35-86-58-78(7)44-76(5)56-82(11)62-86,71-97(31,32)69-95(27,28)66-91(19,20)39-34-85-50-47(2)42-75(4)55-81(10)61-85)67-92(21,22)43-48-93(23,24)64-89(15,16)40-36-87-59-79(8)45-77(6)57-83(12)63-87;2*1-2/h46-47,74-87H,33-45,72-73H2,1-32H3;2*1-2H3. The normalized spacial score (nSPS) is 30.4. The van der Waals surface area contributed by atoms with Gasteiger partial charge in [-0.15, -0.1) is 0 Å². The Morgan fingerprint density at radius 2 is 0.608 bits per heavy atom. The first-order valence-electron chi connectivity index (χ1n) is 38.6. The summed E-state index contributed by atoms with van der Waals surface area (Å²) in [5, 5.41) is 0. The first-order valence-corrected chi connectivity index (χ1v) is 102. The second-order valence-corrected chi connectivity index (χ2v) is 116. The lowest BCUT2D eigenvalue weighted by Gasteiger charge is -2.46. The highest BCUT2D eigenvalue weighted by Crippen LogP contribution is 2.35. The van der Waals surface area contributed by atoms with Crippen molar-refractivity contribution in [1.82, 2.24) is 0 Å². The van der Waals surface area contributed by atoms with Crippen LogP contribution >= 0.6 is 0 Å². The maximum atomic E-state index is 7.69. The van der Waals surface area contributed by atoms with Crippen LogP contribution in [-0.2, 0) is 99.7 Å². The fourth-order valence-corrected chi connectivity index (χ4v) is 125. The molecule has 0 aliphatic carbocycles. The Morgan fingerprint density at radius 1 is 0.314 bits per heavy atom. The average molecular weight is 1910 g/mol. The van der Waals surface area contributed by atoms with Gasteiger partial charge in [-0.05, 0) is 282 Å². The molecule has 0 saturated carbocycles. The van der Waals surface area contributed by atoms with Crippen LogP contribution in [0.1, 0.15) is 41.5 Å². The first-order chi connectivity index (χ1) is 46.6. The fourth-order valence-electron chi connectivity index (χ4n) is 13.5. The molecule has 4 heterocycles. The minimum Gasteiger partial charge on any atom is -0.442 e. The lowest BCUT2D eigenvalue weighted by molar-refractivity contribution is 0.113. The van der Waals surface area contributed by atoms with Crippen LogP contribution < -0.4 is 0 Å². The third-order valence-electron chi connectivity index (χ3n) is 16.5. The summed E-state index contributed by atoms with van der Waals surface area (Å²) in [7, 11) is -58.2. The Labute approximate surface area is 663 Å². The van der Waals surface area contributed by atoms with Crippen LogP contribution in [0.25, 0.3) is 0 Å². The van der Waals surface area contributed by atoms with Crippen molar-refractivity contribution in [2.45, 2.75) is 322 Å². The van der Waals surface area contributed by atoms with Crippen molar-refractivity contribution in [3.8, 4) is 0 Å². The summed E-state index contributed by atoms with van der Waals surface area (Å²) in [5.41, 5.74) is 2.30. The van der Waals surface area contributed by atoms with E-state index in [1.54, 1.807) is 0 Å². The Kier molecular flexibility index (Phi) is 47.2. The van der Waals surface area contributed by atoms with E-state index in [0.29, 0.717) is 6.23 Å². The fraction of sp³-hybridized carbons (Fsp3) is 1.00. The Morgan fingerprint density at radius 3 is 0.980 bits per heavy atom. The van der Waals surface area contributed by atoms with E-state index in [1.165, 1.54) is 0 Å². The second kappa shape index (κ2) is 46.7. The molecule has 610 valence electrons. The molecule has 0 aromatic rings. The van der Waals surface area contributed by atoms with Crippen molar-refractivity contribution < 1.29 is 99.7 Å². The Balaban J connectivity index is 0.00000868. The van der Waals surface area contributed by atoms with Gasteiger partial charge >= 0.3 is 89.0 Å². The minimum atomic E-state index is -4.42. The van der Waals surface area contributed by atoms with Crippen molar-refractivity contribution in [2.24, 2.45) is 0 Å². The molecule has 0 aromatic heterocycles. The zero-order valence-electron chi connectivity index (χ0n) is 71.1. The van der Waals surface area contributed by atoms with Crippen LogP contribution in [0.5, 0.6) is 0 Å². The summed E-state index contributed by atoms with van der Waals surface area (Å²) in [4.78, 5) is 0. The molecule has 4 rings (SSSR count). The van der Waals surface area contributed by atoms with Gasteiger partial charge in [-0.3, -0.25) is 0 Å². The summed E-state index contributed by atoms with van der Waals surface area (Å²) >= 11 is 0. The minimum absolute atomic E-state index is 0.138. The van der Waals surface area contributed by atoms with Crippen molar-refractivity contribution in [3.05, 3.63) is 0 Å². The van der Waals surface area contributed by atoms with E-state index in [0.717, 1.165) is 71.8 Å². The maximum Gasteiger partial charge on any atom is 0.641 e. The van der Waals surface area contributed by atoms with E-state index in [2.05, 4.69) is 210 Å². The molecule has 0 N–H and O–H groups in total. The number of rotatable bonds is 37. The van der Waals surface area contributed by atoms with Crippen LogP contribution in [0.15, 0.2) is 0 Å². The van der Waals surface area contributed by atoms with Gasteiger partial charge in [-0.2, -0.15) is 0 Å². The topological polar surface area (TPSA) is 222 Å². The predicted octanol–water partition coefficient (Wildman–Crippen LogP) is 9.26. The average Bonchev–Trinajstić information content (AvgIpc) is 0.778. The van der Waals surface area contributed by atoms with Gasteiger partial charge in [0.15, 0.2) is 87.5 Å². The highest BCUT2D eigenvalue weighted by molar-refractivity contribution is 6.94. The van der Waals surface area contributed by atoms with Gasteiger partial charge in [-0.1, -0.05) is 27.7 Å². The van der Waals surface area contributed by atoms with Gasteiger partial charge in [0.05, 0.1) is 6.23 Å². The van der Waals surface area contributed by atoms with E-state index < -0.39 is 242 Å². The summed E-state index contributed by atoms with van der Waals surface area (Å²) in [5.74, 6) is 0. The zero-order valence-corrected chi connectivity index (χ0v) is 101. The summed E-state index contributed by atoms with van der Waals surface area (Å²) in [6.07, 6.45) is 0.579. The molecule has 0 aromatic carbocycles. The third-order valence-corrected chi connectivity index (χ3v) is 112. The van der Waals surface area contributed by atoms with Crippen LogP contribution in [0.3, 0.4) is 0 Å². The van der Waals surface area contributed by atoms with Crippen molar-refractivity contribution >= 4 is 242 Å². The van der Waals surface area contributed by atoms with Crippen LogP contribution in [-0.4, -0.2) is 260 Å². The largest absolute Gasteiger partial charge is 0.641 e. The smallest absolute Gasteiger partial charge is 0.442 e. The van der Waals surface area contributed by atoms with E-state index in [-0.39, 0.29) is 12.2 Å². The maximum absolute atomic E-state index is 7.69. The lowest BCUT2D eigenvalue weighted by atomic mass is 10.5. The van der Waals surface area contributed by atoms with Gasteiger partial charge < -0.3 is 99.7 Å². The lowest BCUT2D eigenvalue weighted by Crippen LogP contribution is -2.68. The molecule has 0 bridgehead atoms. The van der Waals surface area contributed by atoms with Gasteiger partial charge in [0, 0.05) is 12.2 Å². The number of hydrogen-bond acceptors (Lipinski definition) is 24. The molecule has 4 fully saturated rings. The number of hydrogen-bond donors (Lipinski definition) is 0. The van der Waals surface area contributed by atoms with Gasteiger partial charge in [-0.25, -0.2) is 0 Å². The van der Waals surface area contributed by atoms with Crippen molar-refractivity contribution in [2.75, 3.05) is 6.23 Å². The highest BCUT2D eigenvalue weighted by atomic mass is 28.6. The first kappa shape index (κ1) is 103. The van der Waals surface area contributed by atoms with E-state index >= 15 is 0 Å². The van der Waals surface area contributed by atoms with Crippen LogP contribution in [0.2, 0.25) is 268 Å². The molecule has 4 aliphatic heterocycles. The van der Waals surface area contributed by atoms with Gasteiger partial charge in [0.2, 0.25) is 8.32 Å². The summed E-state index contributed by atoms with van der Waals surface area (Å²) in [6, 6.07) is 9.13. The third kappa shape index (κ3) is 45.4. The van der Waals surface area contributed by atoms with E-state index in [9.17, 15) is 0 Å². The molecule has 24 nitrogen and oxygen atoms in total. The predicted molar refractivity (Wildman–Crippen MR) is 487 cm³/mol. The Bertz CT molecular complexity index is 2200. The van der Waals surface area contributed by atoms with Crippen LogP contribution in [0.4, 0.5) is 0 Å². The molecule has 0 spiro atoms. The molecule has 4 saturated heterocycles. The monoisotopic (exact) mass is 1910 g/mol. The van der Waals surface area contributed by atoms with Crippen molar-refractivity contribution in [3.63, 3.8) is 0 Å². The molecular weight excluding hydrogens is 1750 g/mol. The molecular formula is C51H154O24Si27. The van der Waals surface area contributed by atoms with Gasteiger partial charge in [0.25, 0.3) is 57.1 Å². The molecule has 102 heavy (non-hydrogen) atoms. The summed E-state index contributed by atoms with van der Waals surface area (Å²) < 4.78 is 166. The molecule has 0 radical (unpaired) electrons. The molecule has 0 amide bonds. The molecule has 16 atom stereocenters. The quantitative estimate of drug-likeness (QED) is 0.0417. The van der Waals surface area contributed by atoms with Crippen molar-refractivity contribution in [1.29, 1.82) is 0 Å². The van der Waals surface area contributed by atoms with Gasteiger partial charge in [0.1, 0.15) is 0 Å². The molecule has 16 unspecified atom stereocenters. The molecule has 4 aliphatic rings.